The molecular weight excluding hydrogens is 328 g/mol. The lowest BCUT2D eigenvalue weighted by Crippen LogP contribution is -2.56. The van der Waals surface area contributed by atoms with Gasteiger partial charge in [0.25, 0.3) is 5.91 Å². The molecule has 1 N–H and O–H groups in total. The molecule has 3 rings (SSSR count). The van der Waals surface area contributed by atoms with Crippen LogP contribution in [0.2, 0.25) is 0 Å². The molecule has 2 aromatic rings. The summed E-state index contributed by atoms with van der Waals surface area (Å²) in [6.45, 7) is 3.10. The lowest BCUT2D eigenvalue weighted by atomic mass is 10.0. The fourth-order valence-corrected chi connectivity index (χ4v) is 3.10. The SMILES string of the molecule is CC(C(=O)NCC1CCN1C(=O)c1ccc(N(C)C)cc1)n1cccc1. The van der Waals surface area contributed by atoms with Crippen LogP contribution in [0.4, 0.5) is 5.69 Å². The number of carbonyl (C=O) groups is 2. The van der Waals surface area contributed by atoms with Crippen LogP contribution < -0.4 is 10.2 Å². The van der Waals surface area contributed by atoms with E-state index in [2.05, 4.69) is 5.32 Å². The Bertz CT molecular complexity index is 753. The zero-order chi connectivity index (χ0) is 18.7. The third-order valence-electron chi connectivity index (χ3n) is 5.00. The van der Waals surface area contributed by atoms with Crippen LogP contribution in [-0.4, -0.2) is 54.5 Å². The van der Waals surface area contributed by atoms with Crippen molar-refractivity contribution in [3.8, 4) is 0 Å². The first-order chi connectivity index (χ1) is 12.5. The molecule has 2 atom stereocenters. The third-order valence-corrected chi connectivity index (χ3v) is 5.00. The number of amides is 2. The van der Waals surface area contributed by atoms with E-state index in [1.165, 1.54) is 0 Å². The lowest BCUT2D eigenvalue weighted by Gasteiger charge is -2.41. The Kier molecular flexibility index (Phi) is 5.30. The molecular formula is C20H26N4O2. The highest BCUT2D eigenvalue weighted by Gasteiger charge is 2.33. The van der Waals surface area contributed by atoms with Crippen LogP contribution in [0.25, 0.3) is 0 Å². The average Bonchev–Trinajstić information content (AvgIpc) is 3.14. The fourth-order valence-electron chi connectivity index (χ4n) is 3.10. The van der Waals surface area contributed by atoms with Crippen molar-refractivity contribution in [1.82, 2.24) is 14.8 Å². The molecule has 6 heteroatoms. The van der Waals surface area contributed by atoms with Crippen LogP contribution in [0.1, 0.15) is 29.7 Å². The molecule has 2 unspecified atom stereocenters. The summed E-state index contributed by atoms with van der Waals surface area (Å²) in [7, 11) is 3.94. The fraction of sp³-hybridized carbons (Fsp3) is 0.400. The molecule has 6 nitrogen and oxygen atoms in total. The molecule has 1 aliphatic heterocycles. The predicted molar refractivity (Wildman–Crippen MR) is 102 cm³/mol. The summed E-state index contributed by atoms with van der Waals surface area (Å²) < 4.78 is 1.87. The van der Waals surface area contributed by atoms with Crippen molar-refractivity contribution in [2.24, 2.45) is 0 Å². The van der Waals surface area contributed by atoms with Crippen molar-refractivity contribution >= 4 is 17.5 Å². The minimum atomic E-state index is -0.257. The highest BCUT2D eigenvalue weighted by Crippen LogP contribution is 2.21. The van der Waals surface area contributed by atoms with Gasteiger partial charge in [-0.15, -0.1) is 0 Å². The van der Waals surface area contributed by atoms with Gasteiger partial charge in [0.1, 0.15) is 6.04 Å². The van der Waals surface area contributed by atoms with Gasteiger partial charge in [-0.3, -0.25) is 9.59 Å². The molecule has 26 heavy (non-hydrogen) atoms. The molecule has 2 amide bonds. The van der Waals surface area contributed by atoms with Crippen LogP contribution in [0.15, 0.2) is 48.8 Å². The Morgan fingerprint density at radius 3 is 2.38 bits per heavy atom. The van der Waals surface area contributed by atoms with Gasteiger partial charge in [0, 0.05) is 50.8 Å². The van der Waals surface area contributed by atoms with Crippen LogP contribution in [-0.2, 0) is 4.79 Å². The van der Waals surface area contributed by atoms with E-state index in [0.29, 0.717) is 12.1 Å². The molecule has 138 valence electrons. The Morgan fingerprint density at radius 2 is 1.85 bits per heavy atom. The topological polar surface area (TPSA) is 57.6 Å². The summed E-state index contributed by atoms with van der Waals surface area (Å²) in [5, 5.41) is 2.97. The summed E-state index contributed by atoms with van der Waals surface area (Å²) in [5.41, 5.74) is 1.75. The van der Waals surface area contributed by atoms with E-state index in [9.17, 15) is 9.59 Å². The van der Waals surface area contributed by atoms with Gasteiger partial charge in [-0.1, -0.05) is 0 Å². The van der Waals surface area contributed by atoms with Crippen molar-refractivity contribution in [2.75, 3.05) is 32.1 Å². The van der Waals surface area contributed by atoms with E-state index >= 15 is 0 Å². The summed E-state index contributed by atoms with van der Waals surface area (Å²) in [6, 6.07) is 11.2. The molecule has 1 aromatic heterocycles. The maximum absolute atomic E-state index is 12.7. The van der Waals surface area contributed by atoms with Gasteiger partial charge in [-0.05, 0) is 49.7 Å². The van der Waals surface area contributed by atoms with Crippen LogP contribution >= 0.6 is 0 Å². The summed E-state index contributed by atoms with van der Waals surface area (Å²) in [5.74, 6) is -0.00454. The molecule has 2 heterocycles. The van der Waals surface area contributed by atoms with E-state index in [4.69, 9.17) is 0 Å². The summed E-state index contributed by atoms with van der Waals surface area (Å²) >= 11 is 0. The minimum Gasteiger partial charge on any atom is -0.378 e. The maximum atomic E-state index is 12.7. The van der Waals surface area contributed by atoms with Crippen molar-refractivity contribution < 1.29 is 9.59 Å². The van der Waals surface area contributed by atoms with E-state index in [1.807, 2.05) is 84.2 Å². The minimum absolute atomic E-state index is 0.0271. The number of likely N-dealkylation sites (tertiary alicyclic amines) is 1. The predicted octanol–water partition coefficient (Wildman–Crippen LogP) is 2.15. The average molecular weight is 354 g/mol. The maximum Gasteiger partial charge on any atom is 0.254 e. The van der Waals surface area contributed by atoms with Crippen LogP contribution in [0.5, 0.6) is 0 Å². The number of benzene rings is 1. The number of carbonyl (C=O) groups excluding carboxylic acids is 2. The van der Waals surface area contributed by atoms with Gasteiger partial charge >= 0.3 is 0 Å². The zero-order valence-electron chi connectivity index (χ0n) is 15.6. The molecule has 0 saturated carbocycles. The van der Waals surface area contributed by atoms with Gasteiger partial charge in [0.05, 0.1) is 6.04 Å². The Hall–Kier alpha value is -2.76. The normalized spacial score (nSPS) is 17.3. The number of nitrogens with zero attached hydrogens (tertiary/aromatic N) is 3. The zero-order valence-corrected chi connectivity index (χ0v) is 15.6. The second kappa shape index (κ2) is 7.64. The van der Waals surface area contributed by atoms with Crippen LogP contribution in [0.3, 0.4) is 0 Å². The van der Waals surface area contributed by atoms with E-state index in [0.717, 1.165) is 18.7 Å². The first kappa shape index (κ1) is 18.0. The van der Waals surface area contributed by atoms with E-state index < -0.39 is 0 Å². The van der Waals surface area contributed by atoms with Crippen molar-refractivity contribution in [2.45, 2.75) is 25.4 Å². The molecule has 1 aromatic carbocycles. The van der Waals surface area contributed by atoms with Gasteiger partial charge in [-0.25, -0.2) is 0 Å². The number of hydrogen-bond acceptors (Lipinski definition) is 3. The summed E-state index contributed by atoms with van der Waals surface area (Å²) in [6.07, 6.45) is 4.67. The summed E-state index contributed by atoms with van der Waals surface area (Å²) in [4.78, 5) is 28.8. The molecule has 0 radical (unpaired) electrons. The number of nitrogens with one attached hydrogen (secondary N) is 1. The first-order valence-electron chi connectivity index (χ1n) is 8.96. The molecule has 0 aliphatic carbocycles. The quantitative estimate of drug-likeness (QED) is 0.865. The monoisotopic (exact) mass is 354 g/mol. The smallest absolute Gasteiger partial charge is 0.254 e. The highest BCUT2D eigenvalue weighted by atomic mass is 16.2. The van der Waals surface area contributed by atoms with Crippen LogP contribution in [0, 0.1) is 0 Å². The first-order valence-corrected chi connectivity index (χ1v) is 8.96. The Balaban J connectivity index is 1.54. The molecule has 1 fully saturated rings. The van der Waals surface area contributed by atoms with Gasteiger partial charge in [0.2, 0.25) is 5.91 Å². The standard InChI is InChI=1S/C20H26N4O2/c1-15(23-11-4-5-12-23)19(25)21-14-18-10-13-24(18)20(26)16-6-8-17(9-7-16)22(2)3/h4-9,11-12,15,18H,10,13-14H2,1-3H3,(H,21,25). The van der Waals surface area contributed by atoms with Crippen molar-refractivity contribution in [3.05, 3.63) is 54.4 Å². The number of hydrogen-bond donors (Lipinski definition) is 1. The molecule has 0 spiro atoms. The molecule has 1 aliphatic rings. The third kappa shape index (κ3) is 3.74. The number of aromatic nitrogens is 1. The van der Waals surface area contributed by atoms with Gasteiger partial charge in [-0.2, -0.15) is 0 Å². The van der Waals surface area contributed by atoms with E-state index in [1.54, 1.807) is 0 Å². The molecule has 0 bridgehead atoms. The van der Waals surface area contributed by atoms with Gasteiger partial charge < -0.3 is 19.7 Å². The van der Waals surface area contributed by atoms with Crippen molar-refractivity contribution in [1.29, 1.82) is 0 Å². The molecule has 1 saturated heterocycles. The lowest BCUT2D eigenvalue weighted by molar-refractivity contribution is -0.124. The van der Waals surface area contributed by atoms with Gasteiger partial charge in [0.15, 0.2) is 0 Å². The number of anilines is 1. The van der Waals surface area contributed by atoms with Crippen molar-refractivity contribution in [3.63, 3.8) is 0 Å². The number of rotatable bonds is 6. The Morgan fingerprint density at radius 1 is 1.19 bits per heavy atom. The highest BCUT2D eigenvalue weighted by molar-refractivity contribution is 5.95. The second-order valence-electron chi connectivity index (χ2n) is 6.93. The van der Waals surface area contributed by atoms with E-state index in [-0.39, 0.29) is 23.9 Å². The Labute approximate surface area is 154 Å². The second-order valence-corrected chi connectivity index (χ2v) is 6.93. The largest absolute Gasteiger partial charge is 0.378 e.